The first-order chi connectivity index (χ1) is 6.25. The maximum Gasteiger partial charge on any atom is 0.265 e. The number of rotatable bonds is 1. The van der Waals surface area contributed by atoms with E-state index in [0.29, 0.717) is 10.6 Å². The van der Waals surface area contributed by atoms with Crippen LogP contribution in [0.2, 0.25) is 5.02 Å². The minimum atomic E-state index is -3.97. The third-order valence-corrected chi connectivity index (χ3v) is 3.89. The lowest BCUT2D eigenvalue weighted by atomic mass is 10.1. The Morgan fingerprint density at radius 2 is 1.86 bits per heavy atom. The van der Waals surface area contributed by atoms with Crippen LogP contribution in [0.15, 0.2) is 11.0 Å². The van der Waals surface area contributed by atoms with Crippen LogP contribution in [-0.4, -0.2) is 13.5 Å². The van der Waals surface area contributed by atoms with Gasteiger partial charge in [-0.05, 0) is 31.0 Å². The minimum Gasteiger partial charge on any atom is -0.507 e. The third kappa shape index (κ3) is 1.97. The van der Waals surface area contributed by atoms with Gasteiger partial charge in [-0.15, -0.1) is 0 Å². The van der Waals surface area contributed by atoms with Crippen LogP contribution in [0.4, 0.5) is 0 Å². The van der Waals surface area contributed by atoms with Crippen LogP contribution >= 0.6 is 22.3 Å². The number of phenols is 1. The smallest absolute Gasteiger partial charge is 0.265 e. The number of hydrogen-bond acceptors (Lipinski definition) is 3. The van der Waals surface area contributed by atoms with Crippen molar-refractivity contribution in [2.24, 2.45) is 0 Å². The molecule has 0 fully saturated rings. The van der Waals surface area contributed by atoms with E-state index in [4.69, 9.17) is 22.3 Å². The Morgan fingerprint density at radius 1 is 1.36 bits per heavy atom. The molecule has 0 aromatic heterocycles. The molecule has 0 spiro atoms. The lowest BCUT2D eigenvalue weighted by Gasteiger charge is -2.09. The molecule has 0 heterocycles. The van der Waals surface area contributed by atoms with Crippen molar-refractivity contribution in [3.05, 3.63) is 22.2 Å². The number of halogens is 2. The van der Waals surface area contributed by atoms with E-state index in [1.54, 1.807) is 6.92 Å². The molecule has 6 heteroatoms. The Morgan fingerprint density at radius 3 is 2.29 bits per heavy atom. The van der Waals surface area contributed by atoms with E-state index in [0.717, 1.165) is 0 Å². The highest BCUT2D eigenvalue weighted by molar-refractivity contribution is 8.13. The summed E-state index contributed by atoms with van der Waals surface area (Å²) in [7, 11) is 1.18. The monoisotopic (exact) mass is 254 g/mol. The van der Waals surface area contributed by atoms with Gasteiger partial charge in [0.05, 0.1) is 0 Å². The lowest BCUT2D eigenvalue weighted by Crippen LogP contribution is -1.97. The summed E-state index contributed by atoms with van der Waals surface area (Å²) in [5, 5.41) is 9.70. The van der Waals surface area contributed by atoms with Gasteiger partial charge in [0.2, 0.25) is 0 Å². The maximum atomic E-state index is 11.1. The van der Waals surface area contributed by atoms with Crippen LogP contribution in [0.1, 0.15) is 11.1 Å². The first kappa shape index (κ1) is 11.6. The van der Waals surface area contributed by atoms with Crippen molar-refractivity contribution >= 4 is 31.3 Å². The number of aromatic hydroxyl groups is 1. The Bertz CT molecular complexity index is 480. The van der Waals surface area contributed by atoms with Gasteiger partial charge >= 0.3 is 0 Å². The summed E-state index contributed by atoms with van der Waals surface area (Å²) in [5.74, 6) is -0.376. The Kier molecular flexibility index (Phi) is 2.99. The molecule has 1 aromatic carbocycles. The molecule has 0 radical (unpaired) electrons. The Balaban J connectivity index is 3.70. The average Bonchev–Trinajstić information content (AvgIpc) is 1.97. The number of aryl methyl sites for hydroxylation is 1. The topological polar surface area (TPSA) is 54.4 Å². The molecule has 3 nitrogen and oxygen atoms in total. The van der Waals surface area contributed by atoms with E-state index in [1.807, 2.05) is 0 Å². The van der Waals surface area contributed by atoms with E-state index in [1.165, 1.54) is 13.0 Å². The number of hydrogen-bond donors (Lipinski definition) is 1. The van der Waals surface area contributed by atoms with Crippen LogP contribution in [0.25, 0.3) is 0 Å². The van der Waals surface area contributed by atoms with Gasteiger partial charge in [-0.1, -0.05) is 11.6 Å². The average molecular weight is 255 g/mol. The maximum absolute atomic E-state index is 11.1. The van der Waals surface area contributed by atoms with Crippen molar-refractivity contribution in [3.63, 3.8) is 0 Å². The van der Waals surface area contributed by atoms with Crippen molar-refractivity contribution in [2.75, 3.05) is 0 Å². The van der Waals surface area contributed by atoms with E-state index in [2.05, 4.69) is 0 Å². The molecule has 0 bridgehead atoms. The quantitative estimate of drug-likeness (QED) is 0.784. The molecule has 1 N–H and O–H groups in total. The molecular formula is C8H8Cl2O3S. The summed E-state index contributed by atoms with van der Waals surface area (Å²) in [4.78, 5) is -0.324. The van der Waals surface area contributed by atoms with Gasteiger partial charge in [-0.25, -0.2) is 8.42 Å². The predicted octanol–water partition coefficient (Wildman–Crippen LogP) is 2.59. The highest BCUT2D eigenvalue weighted by Gasteiger charge is 2.21. The Labute approximate surface area is 91.7 Å². The number of benzene rings is 1. The highest BCUT2D eigenvalue weighted by Crippen LogP contribution is 2.35. The van der Waals surface area contributed by atoms with Crippen molar-refractivity contribution in [3.8, 4) is 5.75 Å². The van der Waals surface area contributed by atoms with Gasteiger partial charge in [-0.2, -0.15) is 0 Å². The normalized spacial score (nSPS) is 11.7. The largest absolute Gasteiger partial charge is 0.507 e. The van der Waals surface area contributed by atoms with Crippen molar-refractivity contribution in [1.29, 1.82) is 0 Å². The van der Waals surface area contributed by atoms with Crippen LogP contribution in [0.3, 0.4) is 0 Å². The van der Waals surface area contributed by atoms with E-state index in [-0.39, 0.29) is 16.2 Å². The van der Waals surface area contributed by atoms with Crippen molar-refractivity contribution in [2.45, 2.75) is 18.7 Å². The summed E-state index contributed by atoms with van der Waals surface area (Å²) in [6, 6.07) is 1.27. The van der Waals surface area contributed by atoms with Crippen LogP contribution in [0, 0.1) is 13.8 Å². The molecule has 0 saturated carbocycles. The van der Waals surface area contributed by atoms with Crippen LogP contribution < -0.4 is 0 Å². The van der Waals surface area contributed by atoms with Gasteiger partial charge < -0.3 is 5.11 Å². The van der Waals surface area contributed by atoms with Gasteiger partial charge in [-0.3, -0.25) is 0 Å². The first-order valence-corrected chi connectivity index (χ1v) is 6.37. The van der Waals surface area contributed by atoms with Crippen molar-refractivity contribution < 1.29 is 13.5 Å². The van der Waals surface area contributed by atoms with Gasteiger partial charge in [0.25, 0.3) is 9.05 Å². The fourth-order valence-electron chi connectivity index (χ4n) is 1.23. The van der Waals surface area contributed by atoms with E-state index in [9.17, 15) is 13.5 Å². The molecule has 1 rings (SSSR count). The summed E-state index contributed by atoms with van der Waals surface area (Å²) in [6.45, 7) is 3.16. The number of phenolic OH excluding ortho intramolecular Hbond substituents is 1. The summed E-state index contributed by atoms with van der Waals surface area (Å²) in [6.07, 6.45) is 0. The molecule has 0 unspecified atom stereocenters. The second-order valence-electron chi connectivity index (χ2n) is 2.92. The molecule has 0 amide bonds. The SMILES string of the molecule is Cc1cc(O)c(S(=O)(=O)Cl)c(C)c1Cl. The summed E-state index contributed by atoms with van der Waals surface area (Å²) >= 11 is 5.83. The standard InChI is InChI=1S/C8H8Cl2O3S/c1-4-3-6(11)8(14(10,12)13)5(2)7(4)9/h3,11H,1-2H3. The van der Waals surface area contributed by atoms with E-state index < -0.39 is 9.05 Å². The van der Waals surface area contributed by atoms with Gasteiger partial charge in [0.1, 0.15) is 10.6 Å². The van der Waals surface area contributed by atoms with Crippen LogP contribution in [0.5, 0.6) is 5.75 Å². The lowest BCUT2D eigenvalue weighted by molar-refractivity contribution is 0.458. The molecular weight excluding hydrogens is 247 g/mol. The van der Waals surface area contributed by atoms with Crippen molar-refractivity contribution in [1.82, 2.24) is 0 Å². The molecule has 14 heavy (non-hydrogen) atoms. The van der Waals surface area contributed by atoms with E-state index >= 15 is 0 Å². The molecule has 0 saturated heterocycles. The molecule has 0 aliphatic carbocycles. The van der Waals surface area contributed by atoms with Crippen LogP contribution in [-0.2, 0) is 9.05 Å². The van der Waals surface area contributed by atoms with Gasteiger partial charge in [0, 0.05) is 15.7 Å². The summed E-state index contributed by atoms with van der Waals surface area (Å²) in [5.41, 5.74) is 0.866. The molecule has 78 valence electrons. The fraction of sp³-hybridized carbons (Fsp3) is 0.250. The fourth-order valence-corrected chi connectivity index (χ4v) is 2.80. The molecule has 0 aliphatic heterocycles. The molecule has 1 aromatic rings. The summed E-state index contributed by atoms with van der Waals surface area (Å²) < 4.78 is 22.2. The minimum absolute atomic E-state index is 0.263. The first-order valence-electron chi connectivity index (χ1n) is 3.68. The zero-order chi connectivity index (χ0) is 11.1. The zero-order valence-corrected chi connectivity index (χ0v) is 9.83. The second-order valence-corrected chi connectivity index (χ2v) is 5.80. The highest BCUT2D eigenvalue weighted by atomic mass is 35.7. The molecule has 0 atom stereocenters. The second kappa shape index (κ2) is 3.61. The van der Waals surface area contributed by atoms with Gasteiger partial charge in [0.15, 0.2) is 0 Å². The Hall–Kier alpha value is -0.450. The predicted molar refractivity (Wildman–Crippen MR) is 55.6 cm³/mol. The third-order valence-electron chi connectivity index (χ3n) is 1.85. The zero-order valence-electron chi connectivity index (χ0n) is 7.51. The molecule has 0 aliphatic rings.